The van der Waals surface area contributed by atoms with Gasteiger partial charge in [-0.15, -0.1) is 0 Å². The first-order valence-corrected chi connectivity index (χ1v) is 12.0. The van der Waals surface area contributed by atoms with Crippen LogP contribution in [-0.4, -0.2) is 33.4 Å². The van der Waals surface area contributed by atoms with Gasteiger partial charge in [0.25, 0.3) is 0 Å². The van der Waals surface area contributed by atoms with Crippen molar-refractivity contribution in [2.45, 2.75) is 38.2 Å². The van der Waals surface area contributed by atoms with E-state index >= 15 is 0 Å². The lowest BCUT2D eigenvalue weighted by Gasteiger charge is -2.12. The second-order valence-electron chi connectivity index (χ2n) is 6.88. The van der Waals surface area contributed by atoms with Crippen molar-refractivity contribution in [3.8, 4) is 11.5 Å². The van der Waals surface area contributed by atoms with Crippen molar-refractivity contribution in [3.63, 3.8) is 0 Å². The van der Waals surface area contributed by atoms with Gasteiger partial charge in [-0.2, -0.15) is 16.8 Å². The molecule has 0 saturated carbocycles. The lowest BCUT2D eigenvalue weighted by atomic mass is 10.3. The maximum absolute atomic E-state index is 12.3. The van der Waals surface area contributed by atoms with Crippen LogP contribution in [0.15, 0.2) is 48.5 Å². The predicted molar refractivity (Wildman–Crippen MR) is 115 cm³/mol. The van der Waals surface area contributed by atoms with Gasteiger partial charge < -0.3 is 19.0 Å². The summed E-state index contributed by atoms with van der Waals surface area (Å²) in [6.07, 6.45) is 0. The number of rotatable bonds is 8. The summed E-state index contributed by atoms with van der Waals surface area (Å²) < 4.78 is 57.5. The number of benzene rings is 2. The third-order valence-electron chi connectivity index (χ3n) is 3.76. The van der Waals surface area contributed by atoms with Crippen LogP contribution >= 0.6 is 0 Å². The monoisotopic (exact) mass is 456 g/mol. The Morgan fingerprint density at radius 2 is 1.10 bits per heavy atom. The summed E-state index contributed by atoms with van der Waals surface area (Å²) in [6, 6.07) is 11.2. The first-order valence-electron chi connectivity index (χ1n) is 9.04. The fraction of sp³-hybridized carbons (Fsp3) is 0.316. The Balaban J connectivity index is 2.06. The van der Waals surface area contributed by atoms with Crippen LogP contribution in [0.2, 0.25) is 0 Å². The Bertz CT molecular complexity index is 1020. The highest BCUT2D eigenvalue weighted by Crippen LogP contribution is 2.22. The van der Waals surface area contributed by atoms with E-state index in [1.165, 1.54) is 64.1 Å². The molecule has 2 aromatic rings. The van der Waals surface area contributed by atoms with Crippen LogP contribution in [-0.2, 0) is 20.2 Å². The van der Waals surface area contributed by atoms with Gasteiger partial charge in [0, 0.05) is 23.5 Å². The molecule has 2 N–H and O–H groups in total. The van der Waals surface area contributed by atoms with E-state index in [9.17, 15) is 21.6 Å². The van der Waals surface area contributed by atoms with Gasteiger partial charge >= 0.3 is 26.3 Å². The third kappa shape index (κ3) is 6.63. The summed E-state index contributed by atoms with van der Waals surface area (Å²) in [5, 5.41) is 3.66. The first kappa shape index (κ1) is 23.5. The molecule has 2 aromatic carbocycles. The standard InChI is InChI=1S/C19H24N2O7S2/c1-13(2)29(23,24)27-17-9-5-7-15(11-17)20-19(22)21-16-8-6-10-18(12-16)28-30(25,26)14(3)4/h5-14H,1-4H3,(H2,20,21,22). The van der Waals surface area contributed by atoms with Crippen molar-refractivity contribution >= 4 is 37.6 Å². The van der Waals surface area contributed by atoms with Gasteiger partial charge in [-0.05, 0) is 52.0 Å². The van der Waals surface area contributed by atoms with Gasteiger partial charge in [0.15, 0.2) is 0 Å². The second kappa shape index (κ2) is 9.35. The zero-order valence-electron chi connectivity index (χ0n) is 16.9. The molecule has 0 heterocycles. The maximum Gasteiger partial charge on any atom is 0.323 e. The van der Waals surface area contributed by atoms with E-state index in [0.717, 1.165) is 0 Å². The molecule has 0 aliphatic rings. The molecule has 0 aromatic heterocycles. The lowest BCUT2D eigenvalue weighted by Crippen LogP contribution is -2.21. The zero-order valence-corrected chi connectivity index (χ0v) is 18.6. The van der Waals surface area contributed by atoms with E-state index in [1.807, 2.05) is 0 Å². The summed E-state index contributed by atoms with van der Waals surface area (Å²) >= 11 is 0. The molecule has 11 heteroatoms. The van der Waals surface area contributed by atoms with Gasteiger partial charge in [0.05, 0.1) is 10.5 Å². The molecule has 2 amide bonds. The SMILES string of the molecule is CC(C)S(=O)(=O)Oc1cccc(NC(=O)Nc2cccc(OS(=O)(=O)C(C)C)c2)c1. The van der Waals surface area contributed by atoms with E-state index in [1.54, 1.807) is 12.1 Å². The van der Waals surface area contributed by atoms with E-state index < -0.39 is 36.8 Å². The van der Waals surface area contributed by atoms with Crippen LogP contribution in [0.4, 0.5) is 16.2 Å². The molecule has 164 valence electrons. The summed E-state index contributed by atoms with van der Waals surface area (Å²) in [5.74, 6) is 0.131. The van der Waals surface area contributed by atoms with Crippen LogP contribution in [0.25, 0.3) is 0 Å². The summed E-state index contributed by atoms with van der Waals surface area (Å²) in [7, 11) is -7.52. The minimum atomic E-state index is -3.76. The number of hydrogen-bond donors (Lipinski definition) is 2. The van der Waals surface area contributed by atoms with Crippen LogP contribution in [0, 0.1) is 0 Å². The van der Waals surface area contributed by atoms with Crippen LogP contribution < -0.4 is 19.0 Å². The molecule has 0 fully saturated rings. The summed E-state index contributed by atoms with van der Waals surface area (Å²) in [6.45, 7) is 5.98. The molecule has 0 bridgehead atoms. The quantitative estimate of drug-likeness (QED) is 0.581. The fourth-order valence-electron chi connectivity index (χ4n) is 2.01. The van der Waals surface area contributed by atoms with E-state index in [2.05, 4.69) is 10.6 Å². The largest absolute Gasteiger partial charge is 0.382 e. The van der Waals surface area contributed by atoms with Gasteiger partial charge in [-0.25, -0.2) is 4.79 Å². The number of carbonyl (C=O) groups excluding carboxylic acids is 1. The topological polar surface area (TPSA) is 128 Å². The number of anilines is 2. The number of nitrogens with one attached hydrogen (secondary N) is 2. The average molecular weight is 457 g/mol. The number of hydrogen-bond acceptors (Lipinski definition) is 7. The Morgan fingerprint density at radius 1 is 0.733 bits per heavy atom. The molecule has 0 radical (unpaired) electrons. The van der Waals surface area contributed by atoms with Crippen LogP contribution in [0.1, 0.15) is 27.7 Å². The van der Waals surface area contributed by atoms with Crippen molar-refractivity contribution in [2.24, 2.45) is 0 Å². The molecule has 0 aliphatic carbocycles. The molecule has 9 nitrogen and oxygen atoms in total. The van der Waals surface area contributed by atoms with Crippen molar-refractivity contribution in [3.05, 3.63) is 48.5 Å². The van der Waals surface area contributed by atoms with Crippen molar-refractivity contribution in [1.29, 1.82) is 0 Å². The molecule has 0 atom stereocenters. The highest BCUT2D eigenvalue weighted by Gasteiger charge is 2.19. The zero-order chi connectivity index (χ0) is 22.5. The number of urea groups is 1. The molecule has 0 saturated heterocycles. The summed E-state index contributed by atoms with van der Waals surface area (Å²) in [5.41, 5.74) is 0.609. The Labute approximate surface area is 176 Å². The van der Waals surface area contributed by atoms with Gasteiger partial charge in [0.1, 0.15) is 11.5 Å². The normalized spacial score (nSPS) is 11.9. The minimum Gasteiger partial charge on any atom is -0.382 e. The lowest BCUT2D eigenvalue weighted by molar-refractivity contribution is 0.262. The molecule has 0 spiro atoms. The molecule has 2 rings (SSSR count). The van der Waals surface area contributed by atoms with Crippen LogP contribution in [0.5, 0.6) is 11.5 Å². The van der Waals surface area contributed by atoms with E-state index in [0.29, 0.717) is 11.4 Å². The maximum atomic E-state index is 12.3. The molecule has 30 heavy (non-hydrogen) atoms. The number of carbonyl (C=O) groups is 1. The van der Waals surface area contributed by atoms with Gasteiger partial charge in [-0.1, -0.05) is 12.1 Å². The fourth-order valence-corrected chi connectivity index (χ4v) is 3.13. The van der Waals surface area contributed by atoms with Gasteiger partial charge in [-0.3, -0.25) is 0 Å². The van der Waals surface area contributed by atoms with Crippen molar-refractivity contribution < 1.29 is 30.0 Å². The second-order valence-corrected chi connectivity index (χ2v) is 11.1. The Kier molecular flexibility index (Phi) is 7.32. The van der Waals surface area contributed by atoms with E-state index in [-0.39, 0.29) is 11.5 Å². The molecule has 0 unspecified atom stereocenters. The first-order chi connectivity index (χ1) is 13.9. The predicted octanol–water partition coefficient (Wildman–Crippen LogP) is 3.56. The van der Waals surface area contributed by atoms with Crippen molar-refractivity contribution in [2.75, 3.05) is 10.6 Å². The Morgan fingerprint density at radius 3 is 1.43 bits per heavy atom. The average Bonchev–Trinajstić information content (AvgIpc) is 2.61. The molecular formula is C19H24N2O7S2. The molecule has 0 aliphatic heterocycles. The third-order valence-corrected chi connectivity index (χ3v) is 6.92. The molecular weight excluding hydrogens is 432 g/mol. The smallest absolute Gasteiger partial charge is 0.323 e. The minimum absolute atomic E-state index is 0.0655. The van der Waals surface area contributed by atoms with Crippen LogP contribution in [0.3, 0.4) is 0 Å². The van der Waals surface area contributed by atoms with Crippen molar-refractivity contribution in [1.82, 2.24) is 0 Å². The highest BCUT2D eigenvalue weighted by atomic mass is 32.2. The Hall–Kier alpha value is -2.79. The number of amides is 2. The van der Waals surface area contributed by atoms with Gasteiger partial charge in [0.2, 0.25) is 0 Å². The summed E-state index contributed by atoms with van der Waals surface area (Å²) in [4.78, 5) is 12.3. The highest BCUT2D eigenvalue weighted by molar-refractivity contribution is 7.87. The van der Waals surface area contributed by atoms with E-state index in [4.69, 9.17) is 8.37 Å².